The van der Waals surface area contributed by atoms with Crippen LogP contribution in [0.3, 0.4) is 0 Å². The Hall–Kier alpha value is -7.43. The summed E-state index contributed by atoms with van der Waals surface area (Å²) in [6.07, 6.45) is 0. The van der Waals surface area contributed by atoms with E-state index in [0.29, 0.717) is 28.1 Å². The Kier molecular flexibility index (Phi) is 5.63. The van der Waals surface area contributed by atoms with E-state index in [9.17, 15) is 14.9 Å². The van der Waals surface area contributed by atoms with E-state index in [4.69, 9.17) is 4.42 Å². The Bertz CT molecular complexity index is 3230. The maximum absolute atomic E-state index is 13.6. The van der Waals surface area contributed by atoms with E-state index < -0.39 is 11.8 Å². The first-order valence-electron chi connectivity index (χ1n) is 17.0. The molecule has 11 rings (SSSR count). The number of carbonyl (C=O) groups excluding carboxylic acids is 2. The molecule has 10 aromatic rings. The van der Waals surface area contributed by atoms with Crippen LogP contribution in [-0.2, 0) is 0 Å². The molecule has 7 aromatic carbocycles. The molecule has 242 valence electrons. The SMILES string of the molecule is N#Cc1cc(N2C(=O)c3ccccc3C2=O)cc(-n2c3ccccc3c3c2ccc2c4ccccc4n(-c4ccc5oc6ccccc6c5c4)c23)c1. The van der Waals surface area contributed by atoms with Crippen molar-refractivity contribution in [2.24, 2.45) is 0 Å². The Balaban J connectivity index is 1.22. The Labute approximate surface area is 295 Å². The van der Waals surface area contributed by atoms with Crippen LogP contribution in [-0.4, -0.2) is 20.9 Å². The molecule has 0 radical (unpaired) electrons. The molecule has 0 unspecified atom stereocenters. The number of para-hydroxylation sites is 3. The second-order valence-corrected chi connectivity index (χ2v) is 13.2. The molecule has 0 N–H and O–H groups in total. The molecule has 0 saturated carbocycles. The highest BCUT2D eigenvalue weighted by atomic mass is 16.3. The summed E-state index contributed by atoms with van der Waals surface area (Å²) in [5.74, 6) is -0.810. The van der Waals surface area contributed by atoms with Gasteiger partial charge in [-0.2, -0.15) is 5.26 Å². The summed E-state index contributed by atoms with van der Waals surface area (Å²) < 4.78 is 10.7. The van der Waals surface area contributed by atoms with Crippen LogP contribution in [0.25, 0.3) is 76.9 Å². The summed E-state index contributed by atoms with van der Waals surface area (Å²) >= 11 is 0. The smallest absolute Gasteiger partial charge is 0.266 e. The number of nitriles is 1. The predicted molar refractivity (Wildman–Crippen MR) is 205 cm³/mol. The van der Waals surface area contributed by atoms with E-state index in [1.165, 1.54) is 4.90 Å². The van der Waals surface area contributed by atoms with Gasteiger partial charge in [-0.25, -0.2) is 4.90 Å². The van der Waals surface area contributed by atoms with Crippen LogP contribution in [0.15, 0.2) is 150 Å². The first-order valence-corrected chi connectivity index (χ1v) is 17.0. The van der Waals surface area contributed by atoms with Crippen molar-refractivity contribution >= 4 is 83.1 Å². The first kappa shape index (κ1) is 28.4. The van der Waals surface area contributed by atoms with E-state index >= 15 is 0 Å². The number of hydrogen-bond acceptors (Lipinski definition) is 4. The number of anilines is 1. The molecule has 0 spiro atoms. The molecular formula is C45H24N4O3. The first-order chi connectivity index (χ1) is 25.6. The molecule has 2 amide bonds. The molecule has 7 heteroatoms. The molecule has 0 aliphatic carbocycles. The van der Waals surface area contributed by atoms with Gasteiger partial charge in [0.25, 0.3) is 11.8 Å². The van der Waals surface area contributed by atoms with E-state index in [0.717, 1.165) is 71.2 Å². The number of nitrogens with zero attached hydrogens (tertiary/aromatic N) is 4. The van der Waals surface area contributed by atoms with Crippen LogP contribution in [0.4, 0.5) is 5.69 Å². The van der Waals surface area contributed by atoms with Gasteiger partial charge in [-0.1, -0.05) is 72.8 Å². The fourth-order valence-electron chi connectivity index (χ4n) is 8.25. The van der Waals surface area contributed by atoms with E-state index in [1.807, 2.05) is 48.5 Å². The summed E-state index contributed by atoms with van der Waals surface area (Å²) in [5, 5.41) is 16.6. The lowest BCUT2D eigenvalue weighted by atomic mass is 10.1. The summed E-state index contributed by atoms with van der Waals surface area (Å²) in [5.41, 5.74) is 8.74. The van der Waals surface area contributed by atoms with Crippen LogP contribution >= 0.6 is 0 Å². The van der Waals surface area contributed by atoms with Gasteiger partial charge in [0.1, 0.15) is 11.2 Å². The van der Waals surface area contributed by atoms with Crippen LogP contribution in [0.1, 0.15) is 26.3 Å². The van der Waals surface area contributed by atoms with Crippen LogP contribution in [0.5, 0.6) is 0 Å². The zero-order valence-electron chi connectivity index (χ0n) is 27.4. The molecule has 52 heavy (non-hydrogen) atoms. The largest absolute Gasteiger partial charge is 0.456 e. The van der Waals surface area contributed by atoms with Gasteiger partial charge in [-0.05, 0) is 72.8 Å². The van der Waals surface area contributed by atoms with Gasteiger partial charge in [0, 0.05) is 43.7 Å². The molecule has 0 fully saturated rings. The number of carbonyl (C=O) groups is 2. The third-order valence-corrected chi connectivity index (χ3v) is 10.4. The number of imide groups is 1. The highest BCUT2D eigenvalue weighted by Gasteiger charge is 2.37. The van der Waals surface area contributed by atoms with Crippen molar-refractivity contribution in [3.8, 4) is 17.4 Å². The molecular weight excluding hydrogens is 645 g/mol. The third-order valence-electron chi connectivity index (χ3n) is 10.4. The van der Waals surface area contributed by atoms with Gasteiger partial charge in [0.05, 0.1) is 50.5 Å². The highest BCUT2D eigenvalue weighted by molar-refractivity contribution is 6.34. The second-order valence-electron chi connectivity index (χ2n) is 13.2. The lowest BCUT2D eigenvalue weighted by molar-refractivity contribution is 0.0926. The van der Waals surface area contributed by atoms with Crippen molar-refractivity contribution in [2.75, 3.05) is 4.90 Å². The standard InChI is InChI=1S/C45H24N4O3/c46-25-26-21-28(23-29(22-26)49-44(50)33-11-1-2-12-34(33)45(49)51)47-38-15-7-4-13-35(38)42-39(47)19-18-32-30-9-3-6-14-37(30)48(43(32)42)27-17-20-41-36(24-27)31-10-5-8-16-40(31)52-41/h1-24H. The summed E-state index contributed by atoms with van der Waals surface area (Å²) in [6, 6.07) is 49.8. The number of rotatable bonds is 3. The van der Waals surface area contributed by atoms with Crippen molar-refractivity contribution in [3.63, 3.8) is 0 Å². The molecule has 0 saturated heterocycles. The maximum Gasteiger partial charge on any atom is 0.266 e. The number of hydrogen-bond donors (Lipinski definition) is 0. The minimum absolute atomic E-state index is 0.339. The zero-order valence-corrected chi connectivity index (χ0v) is 27.4. The fourth-order valence-corrected chi connectivity index (χ4v) is 8.25. The minimum atomic E-state index is -0.405. The fraction of sp³-hybridized carbons (Fsp3) is 0. The predicted octanol–water partition coefficient (Wildman–Crippen LogP) is 10.5. The van der Waals surface area contributed by atoms with Crippen molar-refractivity contribution in [1.29, 1.82) is 5.26 Å². The topological polar surface area (TPSA) is 84.2 Å². The molecule has 1 aliphatic heterocycles. The number of furan rings is 1. The van der Waals surface area contributed by atoms with Gasteiger partial charge in [-0.3, -0.25) is 9.59 Å². The van der Waals surface area contributed by atoms with E-state index in [1.54, 1.807) is 30.3 Å². The van der Waals surface area contributed by atoms with Gasteiger partial charge in [-0.15, -0.1) is 0 Å². The van der Waals surface area contributed by atoms with Crippen molar-refractivity contribution in [1.82, 2.24) is 9.13 Å². The summed E-state index contributed by atoms with van der Waals surface area (Å²) in [6.45, 7) is 0. The van der Waals surface area contributed by atoms with Gasteiger partial charge in [0.2, 0.25) is 0 Å². The van der Waals surface area contributed by atoms with E-state index in [-0.39, 0.29) is 0 Å². The molecule has 4 heterocycles. The van der Waals surface area contributed by atoms with Crippen molar-refractivity contribution < 1.29 is 14.0 Å². The van der Waals surface area contributed by atoms with Gasteiger partial charge < -0.3 is 13.6 Å². The summed E-state index contributed by atoms with van der Waals surface area (Å²) in [7, 11) is 0. The molecule has 3 aromatic heterocycles. The Morgan fingerprint density at radius 3 is 1.88 bits per heavy atom. The molecule has 0 bridgehead atoms. The van der Waals surface area contributed by atoms with Crippen LogP contribution < -0.4 is 4.90 Å². The van der Waals surface area contributed by atoms with Crippen molar-refractivity contribution in [3.05, 3.63) is 162 Å². The number of fused-ring (bicyclic) bond motifs is 11. The second kappa shape index (κ2) is 10.3. The quantitative estimate of drug-likeness (QED) is 0.175. The molecule has 1 aliphatic rings. The minimum Gasteiger partial charge on any atom is -0.456 e. The van der Waals surface area contributed by atoms with Crippen LogP contribution in [0, 0.1) is 11.3 Å². The average Bonchev–Trinajstić information content (AvgIpc) is 3.90. The number of aromatic nitrogens is 2. The Morgan fingerprint density at radius 1 is 0.481 bits per heavy atom. The zero-order chi connectivity index (χ0) is 34.7. The van der Waals surface area contributed by atoms with E-state index in [2.05, 4.69) is 81.9 Å². The van der Waals surface area contributed by atoms with Gasteiger partial charge in [0.15, 0.2) is 0 Å². The van der Waals surface area contributed by atoms with Crippen molar-refractivity contribution in [2.45, 2.75) is 0 Å². The van der Waals surface area contributed by atoms with Gasteiger partial charge >= 0.3 is 0 Å². The number of amides is 2. The lowest BCUT2D eigenvalue weighted by Gasteiger charge is -2.17. The molecule has 0 atom stereocenters. The normalized spacial score (nSPS) is 13.0. The highest BCUT2D eigenvalue weighted by Crippen LogP contribution is 2.43. The monoisotopic (exact) mass is 668 g/mol. The van der Waals surface area contributed by atoms with Crippen LogP contribution in [0.2, 0.25) is 0 Å². The third kappa shape index (κ3) is 3.72. The maximum atomic E-state index is 13.6. The molecule has 7 nitrogen and oxygen atoms in total. The average molecular weight is 669 g/mol. The lowest BCUT2D eigenvalue weighted by Crippen LogP contribution is -2.29. The summed E-state index contributed by atoms with van der Waals surface area (Å²) in [4.78, 5) is 28.3. The number of benzene rings is 7. The Morgan fingerprint density at radius 2 is 1.12 bits per heavy atom.